The van der Waals surface area contributed by atoms with Crippen LogP contribution in [0.2, 0.25) is 0 Å². The Morgan fingerprint density at radius 2 is 1.95 bits per heavy atom. The van der Waals surface area contributed by atoms with Crippen molar-refractivity contribution in [2.45, 2.75) is 60.6 Å². The largest absolute Gasteiger partial charge is 0.474 e. The van der Waals surface area contributed by atoms with Gasteiger partial charge in [0.15, 0.2) is 0 Å². The number of aryl methyl sites for hydroxylation is 2. The minimum atomic E-state index is 0.203. The Kier molecular flexibility index (Phi) is 6.29. The molecular formula is C16H28N2O. The molecule has 0 saturated carbocycles. The Morgan fingerprint density at radius 1 is 1.26 bits per heavy atom. The first kappa shape index (κ1) is 16.0. The van der Waals surface area contributed by atoms with Crippen LogP contribution in [-0.4, -0.2) is 17.6 Å². The van der Waals surface area contributed by atoms with Gasteiger partial charge in [0.2, 0.25) is 5.88 Å². The summed E-state index contributed by atoms with van der Waals surface area (Å²) in [5.41, 5.74) is 3.45. The van der Waals surface area contributed by atoms with Gasteiger partial charge in [0.05, 0.1) is 6.10 Å². The monoisotopic (exact) mass is 264 g/mol. The number of hydrogen-bond donors (Lipinski definition) is 1. The Bertz CT molecular complexity index is 402. The average molecular weight is 264 g/mol. The van der Waals surface area contributed by atoms with Gasteiger partial charge in [-0.1, -0.05) is 20.8 Å². The third-order valence-corrected chi connectivity index (χ3v) is 3.11. The van der Waals surface area contributed by atoms with Crippen LogP contribution in [0.5, 0.6) is 5.88 Å². The molecule has 1 atom stereocenters. The van der Waals surface area contributed by atoms with E-state index in [1.807, 2.05) is 6.92 Å². The first-order valence-electron chi connectivity index (χ1n) is 7.28. The van der Waals surface area contributed by atoms with Gasteiger partial charge in [-0.05, 0) is 51.3 Å². The van der Waals surface area contributed by atoms with Crippen molar-refractivity contribution in [3.8, 4) is 5.88 Å². The van der Waals surface area contributed by atoms with E-state index in [0.717, 1.165) is 31.1 Å². The molecule has 1 aromatic rings. The van der Waals surface area contributed by atoms with Crippen molar-refractivity contribution >= 4 is 0 Å². The molecule has 0 radical (unpaired) electrons. The number of nitrogens with one attached hydrogen (secondary N) is 1. The quantitative estimate of drug-likeness (QED) is 0.816. The molecule has 1 unspecified atom stereocenters. The van der Waals surface area contributed by atoms with Crippen molar-refractivity contribution in [2.75, 3.05) is 6.54 Å². The van der Waals surface area contributed by atoms with Crippen molar-refractivity contribution in [3.05, 3.63) is 22.9 Å². The van der Waals surface area contributed by atoms with E-state index in [4.69, 9.17) is 4.74 Å². The third kappa shape index (κ3) is 5.19. The summed E-state index contributed by atoms with van der Waals surface area (Å²) in [4.78, 5) is 4.57. The summed E-state index contributed by atoms with van der Waals surface area (Å²) in [5, 5.41) is 3.36. The van der Waals surface area contributed by atoms with Crippen LogP contribution in [0.25, 0.3) is 0 Å². The fourth-order valence-electron chi connectivity index (χ4n) is 2.29. The minimum absolute atomic E-state index is 0.203. The van der Waals surface area contributed by atoms with Crippen molar-refractivity contribution in [1.82, 2.24) is 10.3 Å². The summed E-state index contributed by atoms with van der Waals surface area (Å²) in [6.45, 7) is 14.6. The molecule has 0 aliphatic rings. The lowest BCUT2D eigenvalue weighted by molar-refractivity contribution is 0.183. The fraction of sp³-hybridized carbons (Fsp3) is 0.688. The molecule has 0 spiro atoms. The second kappa shape index (κ2) is 7.49. The molecule has 0 bridgehead atoms. The van der Waals surface area contributed by atoms with Crippen molar-refractivity contribution in [2.24, 2.45) is 5.92 Å². The number of hydrogen-bond acceptors (Lipinski definition) is 3. The fourth-order valence-corrected chi connectivity index (χ4v) is 2.29. The number of pyridine rings is 1. The number of aromatic nitrogens is 1. The highest BCUT2D eigenvalue weighted by atomic mass is 16.5. The van der Waals surface area contributed by atoms with Crippen molar-refractivity contribution in [3.63, 3.8) is 0 Å². The van der Waals surface area contributed by atoms with E-state index in [-0.39, 0.29) is 6.10 Å². The predicted molar refractivity (Wildman–Crippen MR) is 80.6 cm³/mol. The van der Waals surface area contributed by atoms with Gasteiger partial charge in [-0.3, -0.25) is 0 Å². The molecule has 1 N–H and O–H groups in total. The molecular weight excluding hydrogens is 236 g/mol. The molecule has 0 saturated heterocycles. The van der Waals surface area contributed by atoms with E-state index in [2.05, 4.69) is 51.0 Å². The van der Waals surface area contributed by atoms with Crippen LogP contribution in [-0.2, 0) is 6.54 Å². The van der Waals surface area contributed by atoms with Gasteiger partial charge in [0, 0.05) is 17.8 Å². The Morgan fingerprint density at radius 3 is 2.53 bits per heavy atom. The second-order valence-corrected chi connectivity index (χ2v) is 5.70. The summed E-state index contributed by atoms with van der Waals surface area (Å²) in [6.07, 6.45) is 1.25. The molecule has 3 heteroatoms. The maximum absolute atomic E-state index is 6.06. The minimum Gasteiger partial charge on any atom is -0.474 e. The van der Waals surface area contributed by atoms with Gasteiger partial charge in [-0.2, -0.15) is 0 Å². The van der Waals surface area contributed by atoms with E-state index < -0.39 is 0 Å². The first-order valence-corrected chi connectivity index (χ1v) is 7.28. The van der Waals surface area contributed by atoms with E-state index in [1.165, 1.54) is 11.1 Å². The Balaban J connectivity index is 2.90. The van der Waals surface area contributed by atoms with Gasteiger partial charge in [-0.15, -0.1) is 0 Å². The molecule has 0 aliphatic heterocycles. The van der Waals surface area contributed by atoms with Gasteiger partial charge < -0.3 is 10.1 Å². The molecule has 1 rings (SSSR count). The molecule has 1 aromatic heterocycles. The summed E-state index contributed by atoms with van der Waals surface area (Å²) in [5.74, 6) is 1.43. The molecule has 19 heavy (non-hydrogen) atoms. The standard InChI is InChI=1S/C16H28N2O/c1-7-17-10-15-12(4)9-13(5)18-16(15)19-14(6)8-11(2)3/h9,11,14,17H,7-8,10H2,1-6H3. The highest BCUT2D eigenvalue weighted by Crippen LogP contribution is 2.23. The topological polar surface area (TPSA) is 34.2 Å². The summed E-state index contributed by atoms with van der Waals surface area (Å²) >= 11 is 0. The molecule has 0 fully saturated rings. The zero-order valence-electron chi connectivity index (χ0n) is 13.2. The second-order valence-electron chi connectivity index (χ2n) is 5.70. The van der Waals surface area contributed by atoms with E-state index in [9.17, 15) is 0 Å². The maximum Gasteiger partial charge on any atom is 0.218 e. The van der Waals surface area contributed by atoms with Crippen LogP contribution in [0.3, 0.4) is 0 Å². The van der Waals surface area contributed by atoms with Crippen LogP contribution in [0, 0.1) is 19.8 Å². The van der Waals surface area contributed by atoms with E-state index >= 15 is 0 Å². The zero-order chi connectivity index (χ0) is 14.4. The van der Waals surface area contributed by atoms with Crippen LogP contribution in [0.15, 0.2) is 6.07 Å². The molecule has 0 amide bonds. The molecule has 0 aromatic carbocycles. The molecule has 0 aliphatic carbocycles. The van der Waals surface area contributed by atoms with Crippen molar-refractivity contribution < 1.29 is 4.74 Å². The van der Waals surface area contributed by atoms with Crippen LogP contribution >= 0.6 is 0 Å². The smallest absolute Gasteiger partial charge is 0.218 e. The Labute approximate surface area is 117 Å². The lowest BCUT2D eigenvalue weighted by Gasteiger charge is -2.20. The zero-order valence-corrected chi connectivity index (χ0v) is 13.2. The van der Waals surface area contributed by atoms with Gasteiger partial charge in [-0.25, -0.2) is 4.98 Å². The summed E-state index contributed by atoms with van der Waals surface area (Å²) in [7, 11) is 0. The van der Waals surface area contributed by atoms with Crippen LogP contribution in [0.1, 0.15) is 50.9 Å². The molecule has 1 heterocycles. The lowest BCUT2D eigenvalue weighted by Crippen LogP contribution is -2.19. The molecule has 108 valence electrons. The molecule has 3 nitrogen and oxygen atoms in total. The predicted octanol–water partition coefficient (Wildman–Crippen LogP) is 3.62. The maximum atomic E-state index is 6.06. The normalized spacial score (nSPS) is 12.8. The summed E-state index contributed by atoms with van der Waals surface area (Å²) < 4.78 is 6.06. The van der Waals surface area contributed by atoms with E-state index in [0.29, 0.717) is 5.92 Å². The van der Waals surface area contributed by atoms with Crippen LogP contribution in [0.4, 0.5) is 0 Å². The Hall–Kier alpha value is -1.09. The number of rotatable bonds is 7. The SMILES string of the molecule is CCNCc1c(C)cc(C)nc1OC(C)CC(C)C. The van der Waals surface area contributed by atoms with Gasteiger partial charge >= 0.3 is 0 Å². The first-order chi connectivity index (χ1) is 8.93. The van der Waals surface area contributed by atoms with Gasteiger partial charge in [0.1, 0.15) is 0 Å². The number of nitrogens with zero attached hydrogens (tertiary/aromatic N) is 1. The van der Waals surface area contributed by atoms with E-state index in [1.54, 1.807) is 0 Å². The highest BCUT2D eigenvalue weighted by Gasteiger charge is 2.14. The van der Waals surface area contributed by atoms with Crippen molar-refractivity contribution in [1.29, 1.82) is 0 Å². The average Bonchev–Trinajstić information content (AvgIpc) is 2.26. The lowest BCUT2D eigenvalue weighted by atomic mass is 10.1. The summed E-state index contributed by atoms with van der Waals surface area (Å²) in [6, 6.07) is 2.12. The number of ether oxygens (including phenoxy) is 1. The van der Waals surface area contributed by atoms with Crippen LogP contribution < -0.4 is 10.1 Å². The highest BCUT2D eigenvalue weighted by molar-refractivity contribution is 5.36. The third-order valence-electron chi connectivity index (χ3n) is 3.11. The van der Waals surface area contributed by atoms with Gasteiger partial charge in [0.25, 0.3) is 0 Å².